The summed E-state index contributed by atoms with van der Waals surface area (Å²) in [6.07, 6.45) is 2.97. The lowest BCUT2D eigenvalue weighted by molar-refractivity contribution is -0.125. The first kappa shape index (κ1) is 16.0. The van der Waals surface area contributed by atoms with Crippen LogP contribution in [0.15, 0.2) is 30.3 Å². The third-order valence-corrected chi connectivity index (χ3v) is 4.15. The van der Waals surface area contributed by atoms with Gasteiger partial charge in [0.05, 0.1) is 0 Å². The quantitative estimate of drug-likeness (QED) is 0.839. The molecule has 0 radical (unpaired) electrons. The number of amides is 1. The van der Waals surface area contributed by atoms with Crippen molar-refractivity contribution in [2.75, 3.05) is 19.6 Å². The van der Waals surface area contributed by atoms with Gasteiger partial charge in [-0.05, 0) is 37.9 Å². The van der Waals surface area contributed by atoms with Crippen molar-refractivity contribution in [3.05, 3.63) is 35.9 Å². The molecule has 1 heterocycles. The van der Waals surface area contributed by atoms with Gasteiger partial charge >= 0.3 is 0 Å². The van der Waals surface area contributed by atoms with Crippen LogP contribution in [-0.4, -0.2) is 36.5 Å². The van der Waals surface area contributed by atoms with Gasteiger partial charge in [0, 0.05) is 25.0 Å². The smallest absolute Gasteiger partial charge is 0.223 e. The SMILES string of the molecule is CC(CCN)C(=O)NC1CCCN(Cc2ccccc2)C1. The maximum Gasteiger partial charge on any atom is 0.223 e. The van der Waals surface area contributed by atoms with Gasteiger partial charge < -0.3 is 11.1 Å². The van der Waals surface area contributed by atoms with Crippen LogP contribution in [0.5, 0.6) is 0 Å². The summed E-state index contributed by atoms with van der Waals surface area (Å²) in [7, 11) is 0. The highest BCUT2D eigenvalue weighted by Gasteiger charge is 2.23. The Labute approximate surface area is 127 Å². The zero-order valence-electron chi connectivity index (χ0n) is 12.9. The van der Waals surface area contributed by atoms with Gasteiger partial charge in [-0.3, -0.25) is 9.69 Å². The molecule has 0 bridgehead atoms. The Morgan fingerprint density at radius 1 is 1.43 bits per heavy atom. The van der Waals surface area contributed by atoms with Crippen LogP contribution in [0.25, 0.3) is 0 Å². The lowest BCUT2D eigenvalue weighted by Crippen LogP contribution is -2.48. The molecule has 2 rings (SSSR count). The standard InChI is InChI=1S/C17H27N3O/c1-14(9-10-18)17(21)19-16-8-5-11-20(13-16)12-15-6-3-2-4-7-15/h2-4,6-7,14,16H,5,8-13,18H2,1H3,(H,19,21). The molecule has 1 aliphatic rings. The monoisotopic (exact) mass is 289 g/mol. The molecule has 0 aromatic heterocycles. The molecular weight excluding hydrogens is 262 g/mol. The molecule has 0 saturated carbocycles. The molecule has 21 heavy (non-hydrogen) atoms. The molecule has 1 aromatic rings. The molecule has 1 aliphatic heterocycles. The number of nitrogens with two attached hydrogens (primary N) is 1. The second kappa shape index (κ2) is 8.15. The van der Waals surface area contributed by atoms with Crippen molar-refractivity contribution in [1.82, 2.24) is 10.2 Å². The number of carbonyl (C=O) groups is 1. The molecule has 2 atom stereocenters. The number of hydrogen-bond donors (Lipinski definition) is 2. The van der Waals surface area contributed by atoms with Crippen molar-refractivity contribution in [1.29, 1.82) is 0 Å². The van der Waals surface area contributed by atoms with E-state index in [1.165, 1.54) is 5.56 Å². The molecule has 1 aromatic carbocycles. The minimum Gasteiger partial charge on any atom is -0.352 e. The number of rotatable bonds is 6. The average Bonchev–Trinajstić information content (AvgIpc) is 2.49. The van der Waals surface area contributed by atoms with E-state index in [2.05, 4.69) is 34.5 Å². The Morgan fingerprint density at radius 3 is 2.90 bits per heavy atom. The van der Waals surface area contributed by atoms with Crippen LogP contribution >= 0.6 is 0 Å². The van der Waals surface area contributed by atoms with Crippen molar-refractivity contribution < 1.29 is 4.79 Å². The summed E-state index contributed by atoms with van der Waals surface area (Å²) in [5, 5.41) is 3.18. The zero-order chi connectivity index (χ0) is 15.1. The Hall–Kier alpha value is -1.39. The van der Waals surface area contributed by atoms with E-state index in [1.54, 1.807) is 0 Å². The second-order valence-corrected chi connectivity index (χ2v) is 6.05. The van der Waals surface area contributed by atoms with Gasteiger partial charge in [-0.25, -0.2) is 0 Å². The molecule has 0 aliphatic carbocycles. The van der Waals surface area contributed by atoms with Gasteiger partial charge in [-0.1, -0.05) is 37.3 Å². The van der Waals surface area contributed by atoms with Crippen LogP contribution in [0.1, 0.15) is 31.7 Å². The second-order valence-electron chi connectivity index (χ2n) is 6.05. The van der Waals surface area contributed by atoms with Gasteiger partial charge in [0.1, 0.15) is 0 Å². The van der Waals surface area contributed by atoms with Crippen LogP contribution in [0.3, 0.4) is 0 Å². The van der Waals surface area contributed by atoms with Crippen LogP contribution < -0.4 is 11.1 Å². The Bertz CT molecular complexity index is 435. The summed E-state index contributed by atoms with van der Waals surface area (Å²) in [6.45, 7) is 5.54. The summed E-state index contributed by atoms with van der Waals surface area (Å²) >= 11 is 0. The van der Waals surface area contributed by atoms with Gasteiger partial charge in [0.2, 0.25) is 5.91 Å². The molecule has 1 fully saturated rings. The molecular formula is C17H27N3O. The van der Waals surface area contributed by atoms with Gasteiger partial charge in [-0.15, -0.1) is 0 Å². The first-order chi connectivity index (χ1) is 10.2. The Morgan fingerprint density at radius 2 is 2.19 bits per heavy atom. The molecule has 3 N–H and O–H groups in total. The maximum atomic E-state index is 12.1. The summed E-state index contributed by atoms with van der Waals surface area (Å²) in [5.41, 5.74) is 6.85. The lowest BCUT2D eigenvalue weighted by atomic mass is 10.0. The molecule has 116 valence electrons. The van der Waals surface area contributed by atoms with Crippen LogP contribution in [0.2, 0.25) is 0 Å². The highest BCUT2D eigenvalue weighted by Crippen LogP contribution is 2.14. The van der Waals surface area contributed by atoms with Crippen molar-refractivity contribution in [2.45, 2.75) is 38.8 Å². The molecule has 2 unspecified atom stereocenters. The fourth-order valence-electron chi connectivity index (χ4n) is 2.88. The van der Waals surface area contributed by atoms with E-state index < -0.39 is 0 Å². The van der Waals surface area contributed by atoms with Gasteiger partial charge in [0.15, 0.2) is 0 Å². The summed E-state index contributed by atoms with van der Waals surface area (Å²) in [4.78, 5) is 14.5. The molecule has 4 heteroatoms. The Balaban J connectivity index is 1.82. The van der Waals surface area contributed by atoms with Crippen molar-refractivity contribution in [3.63, 3.8) is 0 Å². The highest BCUT2D eigenvalue weighted by atomic mass is 16.1. The van der Waals surface area contributed by atoms with E-state index in [-0.39, 0.29) is 17.9 Å². The predicted molar refractivity (Wildman–Crippen MR) is 85.7 cm³/mol. The molecule has 1 saturated heterocycles. The van der Waals surface area contributed by atoms with E-state index in [1.807, 2.05) is 13.0 Å². The number of benzene rings is 1. The Kier molecular flexibility index (Phi) is 6.21. The minimum absolute atomic E-state index is 0.0134. The third kappa shape index (κ3) is 5.14. The number of hydrogen-bond acceptors (Lipinski definition) is 3. The normalized spacial score (nSPS) is 21.0. The zero-order valence-corrected chi connectivity index (χ0v) is 12.9. The van der Waals surface area contributed by atoms with Gasteiger partial charge in [-0.2, -0.15) is 0 Å². The van der Waals surface area contributed by atoms with Crippen molar-refractivity contribution in [3.8, 4) is 0 Å². The average molecular weight is 289 g/mol. The van der Waals surface area contributed by atoms with E-state index in [9.17, 15) is 4.79 Å². The van der Waals surface area contributed by atoms with Crippen molar-refractivity contribution >= 4 is 5.91 Å². The van der Waals surface area contributed by atoms with Gasteiger partial charge in [0.25, 0.3) is 0 Å². The van der Waals surface area contributed by atoms with E-state index in [0.717, 1.165) is 38.9 Å². The largest absolute Gasteiger partial charge is 0.352 e. The molecule has 4 nitrogen and oxygen atoms in total. The topological polar surface area (TPSA) is 58.4 Å². The third-order valence-electron chi connectivity index (χ3n) is 4.15. The van der Waals surface area contributed by atoms with E-state index in [0.29, 0.717) is 6.54 Å². The summed E-state index contributed by atoms with van der Waals surface area (Å²) < 4.78 is 0. The minimum atomic E-state index is 0.0134. The number of piperidine rings is 1. The highest BCUT2D eigenvalue weighted by molar-refractivity contribution is 5.78. The fourth-order valence-corrected chi connectivity index (χ4v) is 2.88. The van der Waals surface area contributed by atoms with E-state index in [4.69, 9.17) is 5.73 Å². The molecule has 0 spiro atoms. The predicted octanol–water partition coefficient (Wildman–Crippen LogP) is 1.75. The summed E-state index contributed by atoms with van der Waals surface area (Å²) in [5.74, 6) is 0.159. The van der Waals surface area contributed by atoms with Crippen LogP contribution in [0.4, 0.5) is 0 Å². The number of likely N-dealkylation sites (tertiary alicyclic amines) is 1. The van der Waals surface area contributed by atoms with Crippen LogP contribution in [0, 0.1) is 5.92 Å². The van der Waals surface area contributed by atoms with Crippen molar-refractivity contribution in [2.24, 2.45) is 11.7 Å². The van der Waals surface area contributed by atoms with Crippen LogP contribution in [-0.2, 0) is 11.3 Å². The number of nitrogens with zero attached hydrogens (tertiary/aromatic N) is 1. The fraction of sp³-hybridized carbons (Fsp3) is 0.588. The number of carbonyl (C=O) groups excluding carboxylic acids is 1. The number of nitrogens with one attached hydrogen (secondary N) is 1. The molecule has 1 amide bonds. The lowest BCUT2D eigenvalue weighted by Gasteiger charge is -2.33. The summed E-state index contributed by atoms with van der Waals surface area (Å²) in [6, 6.07) is 10.8. The maximum absolute atomic E-state index is 12.1. The van der Waals surface area contributed by atoms with E-state index >= 15 is 0 Å². The first-order valence-corrected chi connectivity index (χ1v) is 7.95. The first-order valence-electron chi connectivity index (χ1n) is 7.95.